The highest BCUT2D eigenvalue weighted by atomic mass is 15.3. The summed E-state index contributed by atoms with van der Waals surface area (Å²) in [5.74, 6) is 0.400. The lowest BCUT2D eigenvalue weighted by Crippen LogP contribution is -2.22. The second kappa shape index (κ2) is 7.21. The first kappa shape index (κ1) is 16.8. The first-order valence-electron chi connectivity index (χ1n) is 8.28. The molecule has 2 aromatic carbocycles. The number of hydrogen-bond acceptors (Lipinski definition) is 2. The van der Waals surface area contributed by atoms with E-state index in [1.807, 2.05) is 73.1 Å². The minimum atomic E-state index is 0.400. The van der Waals surface area contributed by atoms with Gasteiger partial charge in [0.2, 0.25) is 0 Å². The van der Waals surface area contributed by atoms with Gasteiger partial charge in [-0.15, -0.1) is 0 Å². The van der Waals surface area contributed by atoms with Gasteiger partial charge in [0.25, 0.3) is 0 Å². The summed E-state index contributed by atoms with van der Waals surface area (Å²) in [7, 11) is 0. The number of nitrogens with two attached hydrogens (primary N) is 1. The molecule has 0 radical (unpaired) electrons. The van der Waals surface area contributed by atoms with Gasteiger partial charge >= 0.3 is 0 Å². The molecule has 0 amide bonds. The Hall–Kier alpha value is -3.08. The summed E-state index contributed by atoms with van der Waals surface area (Å²) in [5, 5.41) is 7.77. The van der Waals surface area contributed by atoms with Crippen molar-refractivity contribution in [3.8, 4) is 5.69 Å². The Bertz CT molecular complexity index is 894. The van der Waals surface area contributed by atoms with Crippen molar-refractivity contribution >= 4 is 11.6 Å². The minimum Gasteiger partial charge on any atom is -0.370 e. The zero-order chi connectivity index (χ0) is 17.8. The summed E-state index contributed by atoms with van der Waals surface area (Å²) in [4.78, 5) is 4.48. The molecule has 1 aromatic heterocycles. The summed E-state index contributed by atoms with van der Waals surface area (Å²) < 4.78 is 1.95. The quantitative estimate of drug-likeness (QED) is 0.565. The predicted octanol–water partition coefficient (Wildman–Crippen LogP) is 3.72. The molecule has 0 aliphatic heterocycles. The van der Waals surface area contributed by atoms with E-state index in [-0.39, 0.29) is 0 Å². The van der Waals surface area contributed by atoms with E-state index >= 15 is 0 Å². The molecule has 25 heavy (non-hydrogen) atoms. The van der Waals surface area contributed by atoms with E-state index < -0.39 is 0 Å². The van der Waals surface area contributed by atoms with Crippen molar-refractivity contribution in [2.45, 2.75) is 27.3 Å². The zero-order valence-electron chi connectivity index (χ0n) is 14.8. The Balaban J connectivity index is 1.78. The first-order chi connectivity index (χ1) is 12.0. The molecule has 0 unspecified atom stereocenters. The van der Waals surface area contributed by atoms with Gasteiger partial charge in [0.05, 0.1) is 17.9 Å². The molecule has 0 saturated carbocycles. The van der Waals surface area contributed by atoms with Gasteiger partial charge < -0.3 is 11.1 Å². The van der Waals surface area contributed by atoms with Crippen LogP contribution >= 0.6 is 0 Å². The number of nitrogens with one attached hydrogen (secondary N) is 1. The predicted molar refractivity (Wildman–Crippen MR) is 103 cm³/mol. The normalized spacial score (nSPS) is 11.6. The van der Waals surface area contributed by atoms with Crippen molar-refractivity contribution in [2.24, 2.45) is 10.7 Å². The van der Waals surface area contributed by atoms with Crippen molar-refractivity contribution in [3.63, 3.8) is 0 Å². The minimum absolute atomic E-state index is 0.400. The van der Waals surface area contributed by atoms with Gasteiger partial charge in [0, 0.05) is 16.9 Å². The zero-order valence-corrected chi connectivity index (χ0v) is 14.8. The molecule has 5 heteroatoms. The van der Waals surface area contributed by atoms with Crippen molar-refractivity contribution < 1.29 is 0 Å². The van der Waals surface area contributed by atoms with E-state index in [0.29, 0.717) is 12.5 Å². The highest BCUT2D eigenvalue weighted by Gasteiger charge is 2.12. The van der Waals surface area contributed by atoms with Crippen LogP contribution in [0.1, 0.15) is 22.5 Å². The Morgan fingerprint density at radius 3 is 2.56 bits per heavy atom. The number of aliphatic imine (C=N–C) groups is 1. The lowest BCUT2D eigenvalue weighted by molar-refractivity contribution is 0.832. The Morgan fingerprint density at radius 1 is 1.08 bits per heavy atom. The van der Waals surface area contributed by atoms with Crippen LogP contribution in [0.4, 0.5) is 5.69 Å². The number of aryl methyl sites for hydroxylation is 2. The second-order valence-corrected chi connectivity index (χ2v) is 6.09. The summed E-state index contributed by atoms with van der Waals surface area (Å²) in [6.07, 6.45) is 0. The lowest BCUT2D eigenvalue weighted by Gasteiger charge is -2.07. The van der Waals surface area contributed by atoms with E-state index in [1.54, 1.807) is 0 Å². The number of aromatic nitrogens is 2. The fraction of sp³-hybridized carbons (Fsp3) is 0.200. The fourth-order valence-corrected chi connectivity index (χ4v) is 2.80. The van der Waals surface area contributed by atoms with Gasteiger partial charge in [-0.25, -0.2) is 9.67 Å². The van der Waals surface area contributed by atoms with Gasteiger partial charge in [-0.05, 0) is 50.6 Å². The SMILES string of the molecule is Cc1cccc(NC(N)=NCc2c(C)nn(-c3ccccc3)c2C)c1. The molecule has 0 fully saturated rings. The van der Waals surface area contributed by atoms with Crippen molar-refractivity contribution in [2.75, 3.05) is 5.32 Å². The van der Waals surface area contributed by atoms with Crippen molar-refractivity contribution in [3.05, 3.63) is 77.1 Å². The van der Waals surface area contributed by atoms with E-state index in [9.17, 15) is 0 Å². The molecule has 0 aliphatic rings. The van der Waals surface area contributed by atoms with E-state index in [0.717, 1.165) is 28.3 Å². The maximum atomic E-state index is 6.03. The van der Waals surface area contributed by atoms with Gasteiger partial charge in [-0.3, -0.25) is 0 Å². The highest BCUT2D eigenvalue weighted by molar-refractivity contribution is 5.92. The van der Waals surface area contributed by atoms with Crippen LogP contribution in [-0.4, -0.2) is 15.7 Å². The standard InChI is InChI=1S/C20H23N5/c1-14-8-7-9-17(12-14)23-20(21)22-13-19-15(2)24-25(16(19)3)18-10-5-4-6-11-18/h4-12H,13H2,1-3H3,(H3,21,22,23). The van der Waals surface area contributed by atoms with E-state index in [4.69, 9.17) is 5.73 Å². The summed E-state index contributed by atoms with van der Waals surface area (Å²) in [6.45, 7) is 6.60. The monoisotopic (exact) mass is 333 g/mol. The molecular formula is C20H23N5. The molecular weight excluding hydrogens is 310 g/mol. The smallest absolute Gasteiger partial charge is 0.193 e. The number of hydrogen-bond donors (Lipinski definition) is 2. The average molecular weight is 333 g/mol. The van der Waals surface area contributed by atoms with Crippen LogP contribution in [0.5, 0.6) is 0 Å². The third-order valence-electron chi connectivity index (χ3n) is 4.14. The Kier molecular flexibility index (Phi) is 4.84. The highest BCUT2D eigenvalue weighted by Crippen LogP contribution is 2.18. The molecule has 3 rings (SSSR count). The molecule has 1 heterocycles. The van der Waals surface area contributed by atoms with Crippen molar-refractivity contribution in [1.82, 2.24) is 9.78 Å². The number of rotatable bonds is 4. The molecule has 3 N–H and O–H groups in total. The third kappa shape index (κ3) is 3.88. The van der Waals surface area contributed by atoms with Crippen LogP contribution in [0, 0.1) is 20.8 Å². The van der Waals surface area contributed by atoms with Crippen LogP contribution < -0.4 is 11.1 Å². The van der Waals surface area contributed by atoms with Crippen molar-refractivity contribution in [1.29, 1.82) is 0 Å². The maximum absolute atomic E-state index is 6.03. The number of para-hydroxylation sites is 1. The number of nitrogens with zero attached hydrogens (tertiary/aromatic N) is 3. The van der Waals surface area contributed by atoms with Gasteiger partial charge in [0.1, 0.15) is 0 Å². The van der Waals surface area contributed by atoms with Crippen LogP contribution in [0.2, 0.25) is 0 Å². The van der Waals surface area contributed by atoms with Crippen LogP contribution in [0.25, 0.3) is 5.69 Å². The summed E-state index contributed by atoms with van der Waals surface area (Å²) >= 11 is 0. The summed E-state index contributed by atoms with van der Waals surface area (Å²) in [6, 6.07) is 18.1. The molecule has 5 nitrogen and oxygen atoms in total. The largest absolute Gasteiger partial charge is 0.370 e. The molecule has 128 valence electrons. The van der Waals surface area contributed by atoms with E-state index in [1.165, 1.54) is 5.56 Å². The number of benzene rings is 2. The van der Waals surface area contributed by atoms with Crippen LogP contribution in [-0.2, 0) is 6.54 Å². The number of anilines is 1. The topological polar surface area (TPSA) is 68.2 Å². The van der Waals surface area contributed by atoms with Crippen LogP contribution in [0.15, 0.2) is 59.6 Å². The Morgan fingerprint density at radius 2 is 1.84 bits per heavy atom. The van der Waals surface area contributed by atoms with Gasteiger partial charge in [0.15, 0.2) is 5.96 Å². The molecule has 0 spiro atoms. The summed E-state index contributed by atoms with van der Waals surface area (Å²) in [5.41, 5.74) is 12.3. The molecule has 0 aliphatic carbocycles. The van der Waals surface area contributed by atoms with E-state index in [2.05, 4.69) is 22.3 Å². The molecule has 0 bridgehead atoms. The second-order valence-electron chi connectivity index (χ2n) is 6.09. The lowest BCUT2D eigenvalue weighted by atomic mass is 10.2. The maximum Gasteiger partial charge on any atom is 0.193 e. The van der Waals surface area contributed by atoms with Gasteiger partial charge in [-0.1, -0.05) is 30.3 Å². The number of guanidine groups is 1. The first-order valence-corrected chi connectivity index (χ1v) is 8.28. The van der Waals surface area contributed by atoms with Gasteiger partial charge in [-0.2, -0.15) is 5.10 Å². The average Bonchev–Trinajstić information content (AvgIpc) is 2.88. The Labute approximate surface area is 148 Å². The fourth-order valence-electron chi connectivity index (χ4n) is 2.80. The molecule has 0 atom stereocenters. The molecule has 0 saturated heterocycles. The third-order valence-corrected chi connectivity index (χ3v) is 4.14. The molecule has 3 aromatic rings. The van der Waals surface area contributed by atoms with Crippen LogP contribution in [0.3, 0.4) is 0 Å².